The summed E-state index contributed by atoms with van der Waals surface area (Å²) in [6.45, 7) is 2.38. The molecule has 0 aromatic heterocycles. The minimum atomic E-state index is -0.0214. The number of carbonyl (C=O) groups is 1. The number of amides is 1. The quantitative estimate of drug-likeness (QED) is 0.328. The molecule has 168 valence electrons. The van der Waals surface area contributed by atoms with Gasteiger partial charge in [-0.3, -0.25) is 4.79 Å². The molecule has 7 heteroatoms. The molecular formula is C23H38N4O3. The molecule has 30 heavy (non-hydrogen) atoms. The molecule has 7 nitrogen and oxygen atoms in total. The normalized spacial score (nSPS) is 15.0. The summed E-state index contributed by atoms with van der Waals surface area (Å²) in [6.07, 6.45) is 8.52. The lowest BCUT2D eigenvalue weighted by Gasteiger charge is -2.22. The standard InChI is InChI=1S/C23H38N4O3/c1-27(2)22(28)18-26-23(24-15-7-17-30-21-8-5-4-6-9-21)25-16-14-19-10-12-20(29-3)13-11-19/h10-13,21H,4-9,14-18H2,1-3H3,(H2,24,25,26). The Hall–Kier alpha value is -2.28. The lowest BCUT2D eigenvalue weighted by molar-refractivity contribution is -0.127. The van der Waals surface area contributed by atoms with Gasteiger partial charge in [-0.15, -0.1) is 0 Å². The molecule has 0 unspecified atom stereocenters. The molecule has 0 bridgehead atoms. The Labute approximate surface area is 181 Å². The van der Waals surface area contributed by atoms with E-state index in [1.165, 1.54) is 37.7 Å². The van der Waals surface area contributed by atoms with Gasteiger partial charge in [-0.1, -0.05) is 31.4 Å². The average Bonchev–Trinajstić information content (AvgIpc) is 2.77. The first-order chi connectivity index (χ1) is 14.6. The molecule has 0 heterocycles. The van der Waals surface area contributed by atoms with Crippen LogP contribution in [-0.4, -0.2) is 70.3 Å². The molecule has 0 radical (unpaired) electrons. The van der Waals surface area contributed by atoms with E-state index in [1.807, 2.05) is 12.1 Å². The molecule has 2 N–H and O–H groups in total. The van der Waals surface area contributed by atoms with Gasteiger partial charge in [0.1, 0.15) is 12.3 Å². The highest BCUT2D eigenvalue weighted by molar-refractivity contribution is 5.84. The van der Waals surface area contributed by atoms with E-state index in [-0.39, 0.29) is 12.5 Å². The van der Waals surface area contributed by atoms with Crippen LogP contribution in [0.25, 0.3) is 0 Å². The highest BCUT2D eigenvalue weighted by Gasteiger charge is 2.13. The molecule has 1 aliphatic carbocycles. The SMILES string of the molecule is COc1ccc(CCNC(=NCC(=O)N(C)C)NCCCOC2CCCCC2)cc1. The predicted octanol–water partition coefficient (Wildman–Crippen LogP) is 2.60. The van der Waals surface area contributed by atoms with E-state index in [1.54, 1.807) is 26.1 Å². The van der Waals surface area contributed by atoms with Crippen molar-refractivity contribution in [3.8, 4) is 5.75 Å². The van der Waals surface area contributed by atoms with Crippen LogP contribution in [0.15, 0.2) is 29.3 Å². The Bertz CT molecular complexity index is 640. The van der Waals surface area contributed by atoms with Gasteiger partial charge in [-0.05, 0) is 43.4 Å². The number of carbonyl (C=O) groups excluding carboxylic acids is 1. The van der Waals surface area contributed by atoms with E-state index < -0.39 is 0 Å². The summed E-state index contributed by atoms with van der Waals surface area (Å²) >= 11 is 0. The number of hydrogen-bond donors (Lipinski definition) is 2. The molecule has 1 aromatic carbocycles. The minimum Gasteiger partial charge on any atom is -0.497 e. The highest BCUT2D eigenvalue weighted by Crippen LogP contribution is 2.20. The third kappa shape index (κ3) is 9.48. The zero-order chi connectivity index (χ0) is 21.6. The van der Waals surface area contributed by atoms with E-state index in [4.69, 9.17) is 9.47 Å². The third-order valence-electron chi connectivity index (χ3n) is 5.26. The fraction of sp³-hybridized carbons (Fsp3) is 0.652. The Morgan fingerprint density at radius 1 is 1.10 bits per heavy atom. The van der Waals surface area contributed by atoms with Gasteiger partial charge in [0.15, 0.2) is 5.96 Å². The van der Waals surface area contributed by atoms with Gasteiger partial charge in [0.25, 0.3) is 0 Å². The zero-order valence-corrected chi connectivity index (χ0v) is 18.8. The summed E-state index contributed by atoms with van der Waals surface area (Å²) in [5.41, 5.74) is 1.22. The number of methoxy groups -OCH3 is 1. The van der Waals surface area contributed by atoms with Crippen LogP contribution in [0, 0.1) is 0 Å². The summed E-state index contributed by atoms with van der Waals surface area (Å²) in [5, 5.41) is 6.65. The van der Waals surface area contributed by atoms with Crippen LogP contribution in [0.3, 0.4) is 0 Å². The van der Waals surface area contributed by atoms with E-state index in [0.29, 0.717) is 12.1 Å². The van der Waals surface area contributed by atoms with E-state index in [0.717, 1.165) is 38.3 Å². The number of benzene rings is 1. The molecule has 1 aliphatic rings. The lowest BCUT2D eigenvalue weighted by atomic mass is 9.98. The van der Waals surface area contributed by atoms with Gasteiger partial charge in [0, 0.05) is 33.8 Å². The van der Waals surface area contributed by atoms with Crippen molar-refractivity contribution in [2.45, 2.75) is 51.0 Å². The van der Waals surface area contributed by atoms with Crippen molar-refractivity contribution in [3.63, 3.8) is 0 Å². The van der Waals surface area contributed by atoms with Gasteiger partial charge < -0.3 is 25.0 Å². The zero-order valence-electron chi connectivity index (χ0n) is 18.8. The van der Waals surface area contributed by atoms with Crippen molar-refractivity contribution in [1.29, 1.82) is 0 Å². The minimum absolute atomic E-state index is 0.0214. The first-order valence-corrected chi connectivity index (χ1v) is 11.1. The molecule has 1 aromatic rings. The molecule has 1 fully saturated rings. The number of nitrogens with zero attached hydrogens (tertiary/aromatic N) is 2. The molecular weight excluding hydrogens is 380 g/mol. The van der Waals surface area contributed by atoms with Crippen molar-refractivity contribution in [3.05, 3.63) is 29.8 Å². The molecule has 1 saturated carbocycles. The maximum Gasteiger partial charge on any atom is 0.243 e. The van der Waals surface area contributed by atoms with Gasteiger partial charge in [-0.25, -0.2) is 4.99 Å². The third-order valence-corrected chi connectivity index (χ3v) is 5.26. The molecule has 0 aliphatic heterocycles. The molecule has 0 spiro atoms. The van der Waals surface area contributed by atoms with Crippen molar-refractivity contribution >= 4 is 11.9 Å². The van der Waals surface area contributed by atoms with Crippen molar-refractivity contribution < 1.29 is 14.3 Å². The number of hydrogen-bond acceptors (Lipinski definition) is 4. The summed E-state index contributed by atoms with van der Waals surface area (Å²) in [4.78, 5) is 17.9. The van der Waals surface area contributed by atoms with E-state index >= 15 is 0 Å². The van der Waals surface area contributed by atoms with Gasteiger partial charge in [0.2, 0.25) is 5.91 Å². The van der Waals surface area contributed by atoms with Crippen molar-refractivity contribution in [2.75, 3.05) is 47.4 Å². The van der Waals surface area contributed by atoms with Gasteiger partial charge in [-0.2, -0.15) is 0 Å². The Morgan fingerprint density at radius 2 is 1.80 bits per heavy atom. The summed E-state index contributed by atoms with van der Waals surface area (Å²) in [6, 6.07) is 8.04. The monoisotopic (exact) mass is 418 g/mol. The van der Waals surface area contributed by atoms with Crippen molar-refractivity contribution in [1.82, 2.24) is 15.5 Å². The summed E-state index contributed by atoms with van der Waals surface area (Å²) in [5.74, 6) is 1.50. The highest BCUT2D eigenvalue weighted by atomic mass is 16.5. The second-order valence-electron chi connectivity index (χ2n) is 7.89. The fourth-order valence-electron chi connectivity index (χ4n) is 3.34. The fourth-order valence-corrected chi connectivity index (χ4v) is 3.34. The maximum absolute atomic E-state index is 11.9. The molecule has 2 rings (SSSR count). The number of ether oxygens (including phenoxy) is 2. The average molecular weight is 419 g/mol. The van der Waals surface area contributed by atoms with Crippen LogP contribution in [0.5, 0.6) is 5.75 Å². The second-order valence-corrected chi connectivity index (χ2v) is 7.89. The van der Waals surface area contributed by atoms with Crippen LogP contribution in [0.1, 0.15) is 44.1 Å². The first-order valence-electron chi connectivity index (χ1n) is 11.1. The van der Waals surface area contributed by atoms with E-state index in [9.17, 15) is 4.79 Å². The van der Waals surface area contributed by atoms with Gasteiger partial charge in [0.05, 0.1) is 13.2 Å². The smallest absolute Gasteiger partial charge is 0.243 e. The van der Waals surface area contributed by atoms with Crippen LogP contribution in [0.2, 0.25) is 0 Å². The maximum atomic E-state index is 11.9. The summed E-state index contributed by atoms with van der Waals surface area (Å²) in [7, 11) is 5.15. The van der Waals surface area contributed by atoms with Crippen LogP contribution >= 0.6 is 0 Å². The number of aliphatic imine (C=N–C) groups is 1. The predicted molar refractivity (Wildman–Crippen MR) is 121 cm³/mol. The lowest BCUT2D eigenvalue weighted by Crippen LogP contribution is -2.40. The molecule has 0 saturated heterocycles. The number of rotatable bonds is 11. The largest absolute Gasteiger partial charge is 0.497 e. The topological polar surface area (TPSA) is 75.2 Å². The number of guanidine groups is 1. The first kappa shape index (κ1) is 24.0. The molecule has 0 atom stereocenters. The van der Waals surface area contributed by atoms with Crippen LogP contribution in [-0.2, 0) is 16.0 Å². The van der Waals surface area contributed by atoms with Gasteiger partial charge >= 0.3 is 0 Å². The summed E-state index contributed by atoms with van der Waals surface area (Å²) < 4.78 is 11.2. The second kappa shape index (κ2) is 13.9. The van der Waals surface area contributed by atoms with Crippen LogP contribution < -0.4 is 15.4 Å². The Balaban J connectivity index is 1.74. The van der Waals surface area contributed by atoms with E-state index in [2.05, 4.69) is 27.8 Å². The van der Waals surface area contributed by atoms with Crippen molar-refractivity contribution in [2.24, 2.45) is 4.99 Å². The molecule has 1 amide bonds. The van der Waals surface area contributed by atoms with Crippen LogP contribution in [0.4, 0.5) is 0 Å². The number of likely N-dealkylation sites (N-methyl/N-ethyl adjacent to an activating group) is 1. The Kier molecular flexibility index (Phi) is 11.1. The number of nitrogens with one attached hydrogen (secondary N) is 2. The Morgan fingerprint density at radius 3 is 2.47 bits per heavy atom.